The molecule has 1 nitrogen and oxygen atoms in total. The number of carbonyl (C=O) groups is 1. The summed E-state index contributed by atoms with van der Waals surface area (Å²) in [6.07, 6.45) is 0. The number of hydrogen-bond donors (Lipinski definition) is 0. The zero-order chi connectivity index (χ0) is 12.7. The first-order valence-corrected chi connectivity index (χ1v) is 6.15. The number of carbonyl (C=O) groups excluding carboxylic acids is 1. The third-order valence-corrected chi connectivity index (χ3v) is 5.38. The van der Waals surface area contributed by atoms with Gasteiger partial charge in [0.1, 0.15) is 5.78 Å². The van der Waals surface area contributed by atoms with Crippen LogP contribution >= 0.6 is 0 Å². The summed E-state index contributed by atoms with van der Waals surface area (Å²) in [5, 5.41) is 0. The van der Waals surface area contributed by atoms with Gasteiger partial charge in [0.25, 0.3) is 0 Å². The third-order valence-electron chi connectivity index (χ3n) is 5.38. The highest BCUT2D eigenvalue weighted by atomic mass is 16.1. The van der Waals surface area contributed by atoms with E-state index in [0.29, 0.717) is 11.7 Å². The Morgan fingerprint density at radius 1 is 1.00 bits per heavy atom. The van der Waals surface area contributed by atoms with E-state index in [2.05, 4.69) is 41.5 Å². The summed E-state index contributed by atoms with van der Waals surface area (Å²) in [6.45, 7) is 19.0. The Hall–Kier alpha value is -0.330. The van der Waals surface area contributed by atoms with Crippen LogP contribution in [0, 0.1) is 22.2 Å². The van der Waals surface area contributed by atoms with Crippen LogP contribution in [0.25, 0.3) is 0 Å². The highest BCUT2D eigenvalue weighted by Crippen LogP contribution is 2.80. The van der Waals surface area contributed by atoms with Gasteiger partial charge in [-0.15, -0.1) is 0 Å². The molecule has 0 bridgehead atoms. The predicted molar refractivity (Wildman–Crippen MR) is 66.9 cm³/mol. The average Bonchev–Trinajstić information content (AvgIpc) is 2.51. The molecule has 1 aliphatic carbocycles. The fourth-order valence-corrected chi connectivity index (χ4v) is 3.49. The second-order valence-electron chi connectivity index (χ2n) is 5.66. The molecule has 0 aliphatic heterocycles. The highest BCUT2D eigenvalue weighted by molar-refractivity contribution is 5.88. The quantitative estimate of drug-likeness (QED) is 0.666. The number of Topliss-reactive ketones (excluding diaryl/α,β-unsaturated/α-hetero) is 1. The van der Waals surface area contributed by atoms with Crippen molar-refractivity contribution in [2.45, 2.75) is 62.3 Å². The van der Waals surface area contributed by atoms with Gasteiger partial charge < -0.3 is 0 Å². The van der Waals surface area contributed by atoms with Gasteiger partial charge in [0, 0.05) is 5.41 Å². The smallest absolute Gasteiger partial charge is 0.136 e. The van der Waals surface area contributed by atoms with Crippen LogP contribution in [-0.4, -0.2) is 5.78 Å². The molecular weight excluding hydrogens is 184 g/mol. The summed E-state index contributed by atoms with van der Waals surface area (Å²) in [4.78, 5) is 11.7. The maximum absolute atomic E-state index is 11.7. The summed E-state index contributed by atoms with van der Waals surface area (Å²) in [5.41, 5.74) is 0.208. The molecule has 2 unspecified atom stereocenters. The number of rotatable bonds is 2. The Bertz CT molecular complexity index is 252. The van der Waals surface area contributed by atoms with Crippen molar-refractivity contribution in [3.05, 3.63) is 0 Å². The SMILES string of the molecule is CC.CC(=O)C1(C)C(C)(C)C1(C)C(C)C. The van der Waals surface area contributed by atoms with E-state index in [9.17, 15) is 4.79 Å². The van der Waals surface area contributed by atoms with Gasteiger partial charge in [-0.05, 0) is 23.7 Å². The van der Waals surface area contributed by atoms with E-state index in [4.69, 9.17) is 0 Å². The van der Waals surface area contributed by atoms with E-state index in [-0.39, 0.29) is 16.2 Å². The minimum Gasteiger partial charge on any atom is -0.299 e. The maximum Gasteiger partial charge on any atom is 0.136 e. The molecule has 0 amide bonds. The molecule has 0 spiro atoms. The molecule has 0 N–H and O–H groups in total. The third kappa shape index (κ3) is 1.38. The lowest BCUT2D eigenvalue weighted by Crippen LogP contribution is -2.20. The van der Waals surface area contributed by atoms with Crippen molar-refractivity contribution in [2.24, 2.45) is 22.2 Å². The fourth-order valence-electron chi connectivity index (χ4n) is 3.49. The van der Waals surface area contributed by atoms with E-state index in [1.54, 1.807) is 6.92 Å². The van der Waals surface area contributed by atoms with E-state index >= 15 is 0 Å². The lowest BCUT2D eigenvalue weighted by molar-refractivity contribution is -0.123. The lowest BCUT2D eigenvalue weighted by Gasteiger charge is -2.20. The van der Waals surface area contributed by atoms with Crippen LogP contribution in [0.4, 0.5) is 0 Å². The Balaban J connectivity index is 0.000000921. The molecule has 2 atom stereocenters. The molecule has 0 aromatic rings. The van der Waals surface area contributed by atoms with Crippen molar-refractivity contribution in [2.75, 3.05) is 0 Å². The second kappa shape index (κ2) is 3.92. The van der Waals surface area contributed by atoms with Crippen LogP contribution in [0.2, 0.25) is 0 Å². The highest BCUT2D eigenvalue weighted by Gasteiger charge is 2.79. The predicted octanol–water partition coefficient (Wildman–Crippen LogP) is 4.31. The topological polar surface area (TPSA) is 17.1 Å². The van der Waals surface area contributed by atoms with Crippen LogP contribution in [0.15, 0.2) is 0 Å². The molecule has 0 radical (unpaired) electrons. The molecule has 1 fully saturated rings. The van der Waals surface area contributed by atoms with E-state index in [0.717, 1.165) is 0 Å². The van der Waals surface area contributed by atoms with Gasteiger partial charge in [0.15, 0.2) is 0 Å². The maximum atomic E-state index is 11.7. The van der Waals surface area contributed by atoms with Crippen molar-refractivity contribution >= 4 is 5.78 Å². The van der Waals surface area contributed by atoms with Gasteiger partial charge in [-0.3, -0.25) is 4.79 Å². The lowest BCUT2D eigenvalue weighted by atomic mass is 9.83. The molecular formula is C14H28O. The van der Waals surface area contributed by atoms with E-state index in [1.807, 2.05) is 13.8 Å². The Morgan fingerprint density at radius 2 is 1.33 bits per heavy atom. The van der Waals surface area contributed by atoms with Gasteiger partial charge in [0.2, 0.25) is 0 Å². The number of ketones is 1. The summed E-state index contributed by atoms with van der Waals surface area (Å²) in [7, 11) is 0. The van der Waals surface area contributed by atoms with Gasteiger partial charge >= 0.3 is 0 Å². The molecule has 0 aromatic carbocycles. The molecule has 0 aromatic heterocycles. The van der Waals surface area contributed by atoms with Crippen LogP contribution in [-0.2, 0) is 4.79 Å². The van der Waals surface area contributed by atoms with Crippen molar-refractivity contribution in [3.63, 3.8) is 0 Å². The van der Waals surface area contributed by atoms with Gasteiger partial charge in [-0.2, -0.15) is 0 Å². The monoisotopic (exact) mass is 212 g/mol. The fraction of sp³-hybridized carbons (Fsp3) is 0.929. The van der Waals surface area contributed by atoms with Crippen LogP contribution < -0.4 is 0 Å². The average molecular weight is 212 g/mol. The molecule has 90 valence electrons. The molecule has 1 saturated carbocycles. The Kier molecular flexibility index (Phi) is 3.83. The zero-order valence-corrected chi connectivity index (χ0v) is 12.0. The molecule has 0 saturated heterocycles. The summed E-state index contributed by atoms with van der Waals surface area (Å²) in [5.74, 6) is 0.908. The van der Waals surface area contributed by atoms with Crippen LogP contribution in [0.5, 0.6) is 0 Å². The zero-order valence-electron chi connectivity index (χ0n) is 12.0. The first-order valence-electron chi connectivity index (χ1n) is 6.15. The molecule has 1 aliphatic rings. The van der Waals surface area contributed by atoms with Crippen molar-refractivity contribution in [3.8, 4) is 0 Å². The number of hydrogen-bond acceptors (Lipinski definition) is 1. The molecule has 0 heterocycles. The molecule has 1 rings (SSSR count). The Morgan fingerprint density at radius 3 is 1.40 bits per heavy atom. The van der Waals surface area contributed by atoms with Gasteiger partial charge in [-0.1, -0.05) is 55.4 Å². The normalized spacial score (nSPS) is 36.9. The first-order chi connectivity index (χ1) is 6.64. The van der Waals surface area contributed by atoms with Crippen molar-refractivity contribution < 1.29 is 4.79 Å². The first kappa shape index (κ1) is 14.7. The standard InChI is InChI=1S/C12H22O.C2H6/c1-8(2)11(6)10(4,5)12(11,7)9(3)13;1-2/h8H,1-7H3;1-2H3. The summed E-state index contributed by atoms with van der Waals surface area (Å²) in [6, 6.07) is 0. The van der Waals surface area contributed by atoms with Crippen LogP contribution in [0.3, 0.4) is 0 Å². The second-order valence-corrected chi connectivity index (χ2v) is 5.66. The minimum absolute atomic E-state index is 0.117. The summed E-state index contributed by atoms with van der Waals surface area (Å²) >= 11 is 0. The van der Waals surface area contributed by atoms with E-state index < -0.39 is 0 Å². The van der Waals surface area contributed by atoms with Gasteiger partial charge in [-0.25, -0.2) is 0 Å². The van der Waals surface area contributed by atoms with Crippen LogP contribution in [0.1, 0.15) is 62.3 Å². The minimum atomic E-state index is -0.117. The largest absolute Gasteiger partial charge is 0.299 e. The summed E-state index contributed by atoms with van der Waals surface area (Å²) < 4.78 is 0. The molecule has 1 heteroatoms. The van der Waals surface area contributed by atoms with Gasteiger partial charge in [0.05, 0.1) is 0 Å². The molecule has 15 heavy (non-hydrogen) atoms. The van der Waals surface area contributed by atoms with E-state index in [1.165, 1.54) is 0 Å². The Labute approximate surface area is 95.6 Å². The van der Waals surface area contributed by atoms with Crippen molar-refractivity contribution in [1.82, 2.24) is 0 Å². The van der Waals surface area contributed by atoms with Crippen molar-refractivity contribution in [1.29, 1.82) is 0 Å².